The van der Waals surface area contributed by atoms with E-state index in [1.807, 2.05) is 39.0 Å². The van der Waals surface area contributed by atoms with Crippen molar-refractivity contribution in [1.29, 1.82) is 0 Å². The summed E-state index contributed by atoms with van der Waals surface area (Å²) in [5, 5.41) is 3.78. The van der Waals surface area contributed by atoms with Crippen molar-refractivity contribution in [2.45, 2.75) is 53.9 Å². The molecule has 4 nitrogen and oxygen atoms in total. The highest BCUT2D eigenvalue weighted by molar-refractivity contribution is 6.30. The van der Waals surface area contributed by atoms with Crippen LogP contribution in [0.5, 0.6) is 5.75 Å². The van der Waals surface area contributed by atoms with Crippen LogP contribution in [-0.4, -0.2) is 17.5 Å². The smallest absolute Gasteiger partial charge is 0.261 e. The Kier molecular flexibility index (Phi) is 7.04. The van der Waals surface area contributed by atoms with Gasteiger partial charge in [0.05, 0.1) is 12.3 Å². The molecule has 0 fully saturated rings. The summed E-state index contributed by atoms with van der Waals surface area (Å²) in [6, 6.07) is 5.64. The zero-order valence-electron chi connectivity index (χ0n) is 16.2. The van der Waals surface area contributed by atoms with Gasteiger partial charge in [0.2, 0.25) is 0 Å². The summed E-state index contributed by atoms with van der Waals surface area (Å²) in [7, 11) is 0. The van der Waals surface area contributed by atoms with Crippen molar-refractivity contribution < 1.29 is 9.53 Å². The molecule has 2 aromatic rings. The van der Waals surface area contributed by atoms with Gasteiger partial charge in [-0.05, 0) is 56.4 Å². The van der Waals surface area contributed by atoms with Crippen molar-refractivity contribution in [1.82, 2.24) is 4.98 Å². The maximum atomic E-state index is 13.1. The zero-order chi connectivity index (χ0) is 19.3. The van der Waals surface area contributed by atoms with Crippen LogP contribution in [0.2, 0.25) is 5.02 Å². The van der Waals surface area contributed by atoms with Crippen LogP contribution in [0.3, 0.4) is 0 Å². The van der Waals surface area contributed by atoms with Gasteiger partial charge in [0.25, 0.3) is 5.91 Å². The number of benzene rings is 1. The summed E-state index contributed by atoms with van der Waals surface area (Å²) in [6.45, 7) is 10.4. The Bertz CT molecular complexity index is 778. The molecule has 2 rings (SSSR count). The molecule has 5 heteroatoms. The molecule has 1 aromatic carbocycles. The standard InChI is InChI=1S/C21H27ClN2O2/c1-6-9-26-18-10-13(4)23-14(5)19(18)21(25)24-20-15(7-2)11-17(22)12-16(20)8-3/h10-12H,6-9H2,1-5H3,(H,24,25). The van der Waals surface area contributed by atoms with Gasteiger partial charge in [-0.15, -0.1) is 0 Å². The highest BCUT2D eigenvalue weighted by atomic mass is 35.5. The van der Waals surface area contributed by atoms with E-state index in [9.17, 15) is 4.79 Å². The molecule has 1 heterocycles. The molecule has 0 unspecified atom stereocenters. The fraction of sp³-hybridized carbons (Fsp3) is 0.429. The number of amides is 1. The Morgan fingerprint density at radius 1 is 1.12 bits per heavy atom. The van der Waals surface area contributed by atoms with Gasteiger partial charge in [0.15, 0.2) is 0 Å². The Labute approximate surface area is 160 Å². The molecular weight excluding hydrogens is 348 g/mol. The first-order valence-corrected chi connectivity index (χ1v) is 9.52. The number of halogens is 1. The number of carbonyl (C=O) groups is 1. The van der Waals surface area contributed by atoms with Gasteiger partial charge >= 0.3 is 0 Å². The monoisotopic (exact) mass is 374 g/mol. The van der Waals surface area contributed by atoms with Crippen LogP contribution in [-0.2, 0) is 12.8 Å². The molecule has 26 heavy (non-hydrogen) atoms. The van der Waals surface area contributed by atoms with Crippen LogP contribution >= 0.6 is 11.6 Å². The molecule has 0 spiro atoms. The van der Waals surface area contributed by atoms with Gasteiger partial charge < -0.3 is 10.1 Å². The van der Waals surface area contributed by atoms with E-state index in [0.29, 0.717) is 28.6 Å². The molecule has 0 atom stereocenters. The minimum absolute atomic E-state index is 0.201. The topological polar surface area (TPSA) is 51.2 Å². The average Bonchev–Trinajstić information content (AvgIpc) is 2.60. The predicted octanol–water partition coefficient (Wildman–Crippen LogP) is 5.52. The second-order valence-electron chi connectivity index (χ2n) is 6.33. The molecule has 0 aliphatic heterocycles. The first-order chi connectivity index (χ1) is 12.4. The van der Waals surface area contributed by atoms with Crippen molar-refractivity contribution in [3.05, 3.63) is 51.3 Å². The van der Waals surface area contributed by atoms with E-state index >= 15 is 0 Å². The minimum Gasteiger partial charge on any atom is -0.493 e. The van der Waals surface area contributed by atoms with Crippen LogP contribution in [0.1, 0.15) is 60.1 Å². The lowest BCUT2D eigenvalue weighted by Crippen LogP contribution is -2.18. The van der Waals surface area contributed by atoms with Crippen LogP contribution in [0.15, 0.2) is 18.2 Å². The lowest BCUT2D eigenvalue weighted by atomic mass is 10.0. The summed E-state index contributed by atoms with van der Waals surface area (Å²) in [4.78, 5) is 17.5. The molecule has 0 bridgehead atoms. The fourth-order valence-corrected chi connectivity index (χ4v) is 3.28. The number of pyridine rings is 1. The molecule has 0 saturated carbocycles. The number of nitrogens with one attached hydrogen (secondary N) is 1. The average molecular weight is 375 g/mol. The van der Waals surface area contributed by atoms with Crippen molar-refractivity contribution in [2.24, 2.45) is 0 Å². The number of hydrogen-bond donors (Lipinski definition) is 1. The van der Waals surface area contributed by atoms with Crippen LogP contribution in [0.4, 0.5) is 5.69 Å². The molecule has 0 aliphatic carbocycles. The Morgan fingerprint density at radius 2 is 1.73 bits per heavy atom. The van der Waals surface area contributed by atoms with Crippen molar-refractivity contribution in [3.8, 4) is 5.75 Å². The summed E-state index contributed by atoms with van der Waals surface area (Å²) in [6.07, 6.45) is 2.44. The molecule has 140 valence electrons. The number of hydrogen-bond acceptors (Lipinski definition) is 3. The third-order valence-electron chi connectivity index (χ3n) is 4.25. The molecule has 1 amide bonds. The number of nitrogens with zero attached hydrogens (tertiary/aromatic N) is 1. The van der Waals surface area contributed by atoms with E-state index in [2.05, 4.69) is 24.1 Å². The molecule has 0 radical (unpaired) electrons. The highest BCUT2D eigenvalue weighted by Crippen LogP contribution is 2.30. The van der Waals surface area contributed by atoms with E-state index < -0.39 is 0 Å². The highest BCUT2D eigenvalue weighted by Gasteiger charge is 2.20. The van der Waals surface area contributed by atoms with E-state index in [1.54, 1.807) is 0 Å². The lowest BCUT2D eigenvalue weighted by Gasteiger charge is -2.18. The number of rotatable bonds is 7. The first-order valence-electron chi connectivity index (χ1n) is 9.14. The molecule has 0 saturated heterocycles. The Hall–Kier alpha value is -2.07. The SMILES string of the molecule is CCCOc1cc(C)nc(C)c1C(=O)Nc1c(CC)cc(Cl)cc1CC. The fourth-order valence-electron chi connectivity index (χ4n) is 3.01. The molecular formula is C21H27ClN2O2. The second kappa shape index (κ2) is 9.04. The van der Waals surface area contributed by atoms with E-state index in [4.69, 9.17) is 16.3 Å². The summed E-state index contributed by atoms with van der Waals surface area (Å²) < 4.78 is 5.82. The van der Waals surface area contributed by atoms with Crippen molar-refractivity contribution >= 4 is 23.2 Å². The van der Waals surface area contributed by atoms with Crippen molar-refractivity contribution in [3.63, 3.8) is 0 Å². The molecule has 1 aromatic heterocycles. The van der Waals surface area contributed by atoms with Gasteiger partial charge in [0, 0.05) is 22.5 Å². The maximum Gasteiger partial charge on any atom is 0.261 e. The summed E-state index contributed by atoms with van der Waals surface area (Å²) in [5.74, 6) is 0.382. The zero-order valence-corrected chi connectivity index (χ0v) is 17.0. The van der Waals surface area contributed by atoms with Gasteiger partial charge in [-0.1, -0.05) is 32.4 Å². The van der Waals surface area contributed by atoms with Gasteiger partial charge in [0.1, 0.15) is 11.3 Å². The number of carbonyl (C=O) groups excluding carboxylic acids is 1. The van der Waals surface area contributed by atoms with Crippen molar-refractivity contribution in [2.75, 3.05) is 11.9 Å². The van der Waals surface area contributed by atoms with Crippen LogP contribution in [0, 0.1) is 13.8 Å². The third-order valence-corrected chi connectivity index (χ3v) is 4.47. The van der Waals surface area contributed by atoms with E-state index in [-0.39, 0.29) is 5.91 Å². The third kappa shape index (κ3) is 4.55. The van der Waals surface area contributed by atoms with E-state index in [1.165, 1.54) is 0 Å². The Morgan fingerprint density at radius 3 is 2.27 bits per heavy atom. The minimum atomic E-state index is -0.201. The number of ether oxygens (including phenoxy) is 1. The molecule has 1 N–H and O–H groups in total. The summed E-state index contributed by atoms with van der Waals surface area (Å²) >= 11 is 6.22. The second-order valence-corrected chi connectivity index (χ2v) is 6.77. The first kappa shape index (κ1) is 20.2. The largest absolute Gasteiger partial charge is 0.493 e. The number of anilines is 1. The molecule has 0 aliphatic rings. The van der Waals surface area contributed by atoms with Crippen LogP contribution < -0.4 is 10.1 Å². The van der Waals surface area contributed by atoms with Gasteiger partial charge in [-0.2, -0.15) is 0 Å². The predicted molar refractivity (Wildman–Crippen MR) is 108 cm³/mol. The number of aromatic nitrogens is 1. The van der Waals surface area contributed by atoms with E-state index in [0.717, 1.165) is 41.8 Å². The van der Waals surface area contributed by atoms with Crippen LogP contribution in [0.25, 0.3) is 0 Å². The Balaban J connectivity index is 2.45. The lowest BCUT2D eigenvalue weighted by molar-refractivity contribution is 0.102. The van der Waals surface area contributed by atoms with Gasteiger partial charge in [-0.25, -0.2) is 0 Å². The normalized spacial score (nSPS) is 10.7. The summed E-state index contributed by atoms with van der Waals surface area (Å²) in [5.41, 5.74) is 4.88. The quantitative estimate of drug-likeness (QED) is 0.694. The van der Waals surface area contributed by atoms with Gasteiger partial charge in [-0.3, -0.25) is 9.78 Å². The maximum absolute atomic E-state index is 13.1. The number of aryl methyl sites for hydroxylation is 4.